The molecule has 3 aliphatic rings. The molecule has 4 aromatic heterocycles. The van der Waals surface area contributed by atoms with E-state index in [0.717, 1.165) is 23.5 Å². The molecule has 7 heterocycles. The van der Waals surface area contributed by atoms with Crippen LogP contribution < -0.4 is 11.3 Å². The van der Waals surface area contributed by atoms with Crippen LogP contribution in [-0.4, -0.2) is 104 Å². The Kier molecular flexibility index (Phi) is 7.37. The van der Waals surface area contributed by atoms with E-state index in [1.54, 1.807) is 0 Å². The number of hydrogen-bond donors (Lipinski definition) is 5. The van der Waals surface area contributed by atoms with Gasteiger partial charge >= 0.3 is 15.6 Å². The van der Waals surface area contributed by atoms with Crippen LogP contribution in [0.2, 0.25) is 0 Å². The number of aromatic amines is 1. The van der Waals surface area contributed by atoms with E-state index in [4.69, 9.17) is 33.3 Å². The minimum absolute atomic E-state index is 0.000305. The molecule has 3 saturated heterocycles. The first-order valence-electron chi connectivity index (χ1n) is 13.1. The van der Waals surface area contributed by atoms with Crippen molar-refractivity contribution in [1.82, 2.24) is 39.0 Å². The highest BCUT2D eigenvalue weighted by Gasteiger charge is 2.54. The first kappa shape index (κ1) is 30.4. The van der Waals surface area contributed by atoms with E-state index in [2.05, 4.69) is 29.9 Å². The summed E-state index contributed by atoms with van der Waals surface area (Å²) >= 11 is 0. The molecule has 2 bridgehead atoms. The fraction of sp³-hybridized carbons (Fsp3) is 0.524. The van der Waals surface area contributed by atoms with Crippen molar-refractivity contribution in [3.05, 3.63) is 35.2 Å². The third kappa shape index (κ3) is 5.36. The lowest BCUT2D eigenvalue weighted by Gasteiger charge is -2.25. The molecule has 0 aromatic carbocycles. The van der Waals surface area contributed by atoms with Gasteiger partial charge < -0.3 is 35.1 Å². The second-order valence-electron chi connectivity index (χ2n) is 10.3. The largest absolute Gasteiger partial charge is 0.472 e. The number of aromatic nitrogens is 8. The Hall–Kier alpha value is -3.27. The average molecular weight is 675 g/mol. The summed E-state index contributed by atoms with van der Waals surface area (Å²) in [6.45, 7) is -0.229. The highest BCUT2D eigenvalue weighted by Crippen LogP contribution is 2.54. The Morgan fingerprint density at radius 2 is 1.56 bits per heavy atom. The van der Waals surface area contributed by atoms with Gasteiger partial charge in [-0.1, -0.05) is 0 Å². The van der Waals surface area contributed by atoms with Crippen molar-refractivity contribution in [2.45, 2.75) is 56.1 Å². The summed E-state index contributed by atoms with van der Waals surface area (Å²) in [7, 11) is -10.3. The van der Waals surface area contributed by atoms with Gasteiger partial charge in [-0.3, -0.25) is 32.0 Å². The Bertz CT molecular complexity index is 1940. The fourth-order valence-corrected chi connectivity index (χ4v) is 7.24. The lowest BCUT2D eigenvalue weighted by Crippen LogP contribution is -2.35. The van der Waals surface area contributed by atoms with Gasteiger partial charge in [0.15, 0.2) is 41.3 Å². The molecule has 0 saturated carbocycles. The number of nitrogens with zero attached hydrogens (tertiary/aromatic N) is 7. The second-order valence-corrected chi connectivity index (χ2v) is 13.1. The summed E-state index contributed by atoms with van der Waals surface area (Å²) < 4.78 is 76.5. The minimum atomic E-state index is -5.13. The summed E-state index contributed by atoms with van der Waals surface area (Å²) in [6.07, 6.45) is -10.2. The number of nitrogens with one attached hydrogen (secondary N) is 1. The highest BCUT2D eigenvalue weighted by atomic mass is 31.2. The zero-order valence-electron chi connectivity index (χ0n) is 22.8. The van der Waals surface area contributed by atoms with Crippen molar-refractivity contribution in [2.75, 3.05) is 18.9 Å². The molecule has 3 aliphatic heterocycles. The fourth-order valence-electron chi connectivity index (χ4n) is 5.35. The topological polar surface area (TPSA) is 283 Å². The maximum absolute atomic E-state index is 15.9. The van der Waals surface area contributed by atoms with Crippen LogP contribution in [0.1, 0.15) is 18.3 Å². The van der Waals surface area contributed by atoms with Crippen LogP contribution in [0.3, 0.4) is 0 Å². The third-order valence-electron chi connectivity index (χ3n) is 7.38. The van der Waals surface area contributed by atoms with Crippen molar-refractivity contribution >= 4 is 43.8 Å². The Morgan fingerprint density at radius 3 is 2.29 bits per heavy atom. The molecule has 7 rings (SSSR count). The third-order valence-corrected chi connectivity index (χ3v) is 9.35. The number of phosphoric acid groups is 2. The average Bonchev–Trinajstić information content (AvgIpc) is 3.72. The molecular formula is C21H24FN9O12P2. The predicted octanol–water partition coefficient (Wildman–Crippen LogP) is -0.638. The number of aliphatic hydroxyl groups is 1. The molecule has 6 N–H and O–H groups in total. The smallest absolute Gasteiger partial charge is 0.387 e. The van der Waals surface area contributed by atoms with Gasteiger partial charge in [0.1, 0.15) is 48.2 Å². The quantitative estimate of drug-likeness (QED) is 0.165. The lowest BCUT2D eigenvalue weighted by atomic mass is 10.1. The highest BCUT2D eigenvalue weighted by molar-refractivity contribution is 7.47. The van der Waals surface area contributed by atoms with Crippen LogP contribution in [0, 0.1) is 6.92 Å². The number of hydrogen-bond acceptors (Lipinski definition) is 16. The van der Waals surface area contributed by atoms with Crippen LogP contribution in [0.25, 0.3) is 22.3 Å². The number of rotatable bonds is 2. The number of alkyl halides is 1. The summed E-state index contributed by atoms with van der Waals surface area (Å²) in [5.41, 5.74) is 5.29. The van der Waals surface area contributed by atoms with Gasteiger partial charge in [0, 0.05) is 0 Å². The number of ether oxygens (including phenoxy) is 2. The van der Waals surface area contributed by atoms with Gasteiger partial charge in [-0.15, -0.1) is 0 Å². The molecule has 21 nitrogen and oxygen atoms in total. The molecular weight excluding hydrogens is 651 g/mol. The lowest BCUT2D eigenvalue weighted by molar-refractivity contribution is -0.0671. The van der Waals surface area contributed by atoms with Crippen molar-refractivity contribution in [3.63, 3.8) is 0 Å². The standard InChI is InChI=1S/C21H24FN9O12P2/c1-7-28-18-12(19(33)29-7)27-6-31(18)21-15-13(32)8(40-21)2-38-44(34,35)42-14-9(3-39-45(36,37)43-15)41-20(10(14)22)30-5-26-11-16(23)24-4-25-17(11)30/h4-6,8-10,13-15,20-21,32H,2-3H2,1H3,(H,34,35)(H,36,37)(H2,23,24,25)(H,28,29,33)/t8-,9-,10?,13?,14+,15+,20-,21-/m1/s1. The summed E-state index contributed by atoms with van der Waals surface area (Å²) in [4.78, 5) is 56.1. The van der Waals surface area contributed by atoms with E-state index in [-0.39, 0.29) is 34.0 Å². The number of anilines is 1. The molecule has 45 heavy (non-hydrogen) atoms. The zero-order chi connectivity index (χ0) is 31.8. The van der Waals surface area contributed by atoms with Crippen molar-refractivity contribution in [2.24, 2.45) is 0 Å². The molecule has 4 unspecified atom stereocenters. The molecule has 0 aliphatic carbocycles. The van der Waals surface area contributed by atoms with Crippen molar-refractivity contribution in [1.29, 1.82) is 0 Å². The van der Waals surface area contributed by atoms with Crippen LogP contribution in [0.4, 0.5) is 10.2 Å². The summed E-state index contributed by atoms with van der Waals surface area (Å²) in [5.74, 6) is 0.205. The molecule has 0 spiro atoms. The van der Waals surface area contributed by atoms with Crippen molar-refractivity contribution in [3.8, 4) is 0 Å². The Labute approximate surface area is 249 Å². The predicted molar refractivity (Wildman–Crippen MR) is 143 cm³/mol. The number of aliphatic hydroxyl groups excluding tert-OH is 1. The summed E-state index contributed by atoms with van der Waals surface area (Å²) in [5, 5.41) is 11.0. The van der Waals surface area contributed by atoms with E-state index in [1.807, 2.05) is 0 Å². The second kappa shape index (κ2) is 10.9. The van der Waals surface area contributed by atoms with Gasteiger partial charge in [-0.05, 0) is 6.92 Å². The number of imidazole rings is 2. The summed E-state index contributed by atoms with van der Waals surface area (Å²) in [6, 6.07) is 0. The van der Waals surface area contributed by atoms with Gasteiger partial charge in [0.2, 0.25) is 0 Å². The van der Waals surface area contributed by atoms with Gasteiger partial charge in [0.25, 0.3) is 5.56 Å². The zero-order valence-corrected chi connectivity index (χ0v) is 24.6. The van der Waals surface area contributed by atoms with Crippen LogP contribution >= 0.6 is 15.6 Å². The van der Waals surface area contributed by atoms with Gasteiger partial charge in [-0.2, -0.15) is 0 Å². The van der Waals surface area contributed by atoms with E-state index >= 15 is 4.39 Å². The van der Waals surface area contributed by atoms with E-state index in [0.29, 0.717) is 0 Å². The first-order chi connectivity index (χ1) is 21.3. The Balaban J connectivity index is 1.21. The maximum atomic E-state index is 15.9. The van der Waals surface area contributed by atoms with Crippen LogP contribution in [0.5, 0.6) is 0 Å². The number of halogens is 1. The molecule has 0 amide bonds. The number of phosphoric ester groups is 2. The minimum Gasteiger partial charge on any atom is -0.387 e. The number of fused-ring (bicyclic) bond motifs is 5. The van der Waals surface area contributed by atoms with E-state index in [1.165, 1.54) is 11.5 Å². The molecule has 242 valence electrons. The van der Waals surface area contributed by atoms with Gasteiger partial charge in [0.05, 0.1) is 25.9 Å². The van der Waals surface area contributed by atoms with Gasteiger partial charge in [-0.25, -0.2) is 38.4 Å². The molecule has 0 radical (unpaired) electrons. The number of nitrogen functional groups attached to an aromatic ring is 1. The normalized spacial score (nSPS) is 37.7. The van der Waals surface area contributed by atoms with Crippen LogP contribution in [-0.2, 0) is 36.7 Å². The number of H-pyrrole nitrogens is 1. The van der Waals surface area contributed by atoms with E-state index < -0.39 is 83.6 Å². The molecule has 4 aromatic rings. The first-order valence-corrected chi connectivity index (χ1v) is 16.1. The SMILES string of the molecule is Cc1nc2c(ncn2[C@@H]2O[C@@H]3COP(=O)(O)O[C@@H]4C(F)[C@H](n5cnc6c(N)ncnc65)O[C@@H]4COP(=O)(O)O[C@H]2C3O)c(=O)[nH]1. The molecule has 10 atom stereocenters. The van der Waals surface area contributed by atoms with Crippen molar-refractivity contribution < 1.29 is 56.0 Å². The van der Waals surface area contributed by atoms with E-state index in [9.17, 15) is 28.8 Å². The number of nitrogens with two attached hydrogens (primary N) is 1. The Morgan fingerprint density at radius 1 is 0.933 bits per heavy atom. The maximum Gasteiger partial charge on any atom is 0.472 e. The monoisotopic (exact) mass is 675 g/mol. The molecule has 3 fully saturated rings. The van der Waals surface area contributed by atoms with Crippen LogP contribution in [0.15, 0.2) is 23.8 Å². The molecule has 24 heteroatoms. The number of aryl methyl sites for hydroxylation is 1.